The van der Waals surface area contributed by atoms with Crippen molar-refractivity contribution < 1.29 is 13.4 Å². The van der Waals surface area contributed by atoms with Crippen LogP contribution in [0.4, 0.5) is 0 Å². The molecule has 1 atom stereocenters. The molecule has 0 amide bonds. The molecule has 1 aromatic heterocycles. The van der Waals surface area contributed by atoms with Crippen molar-refractivity contribution in [2.75, 3.05) is 0 Å². The van der Waals surface area contributed by atoms with Crippen LogP contribution in [0.2, 0.25) is 0 Å². The van der Waals surface area contributed by atoms with Crippen LogP contribution in [0, 0.1) is 19.3 Å². The summed E-state index contributed by atoms with van der Waals surface area (Å²) in [6.45, 7) is 11.8. The van der Waals surface area contributed by atoms with E-state index in [0.29, 0.717) is 5.92 Å². The fourth-order valence-corrected chi connectivity index (χ4v) is 3.93. The molecule has 0 N–H and O–H groups in total. The van der Waals surface area contributed by atoms with E-state index in [1.807, 2.05) is 0 Å². The van der Waals surface area contributed by atoms with Crippen molar-refractivity contribution in [1.82, 2.24) is 4.98 Å². The molecule has 0 saturated heterocycles. The van der Waals surface area contributed by atoms with Crippen LogP contribution >= 0.6 is 31.4 Å². The van der Waals surface area contributed by atoms with E-state index in [-0.39, 0.29) is 18.8 Å². The summed E-state index contributed by atoms with van der Waals surface area (Å²) >= 11 is 1.60. The Hall–Kier alpha value is -0.298. The van der Waals surface area contributed by atoms with Crippen molar-refractivity contribution >= 4 is 37.5 Å². The first-order chi connectivity index (χ1) is 11.5. The van der Waals surface area contributed by atoms with Gasteiger partial charge < -0.3 is 6.92 Å². The van der Waals surface area contributed by atoms with Crippen LogP contribution in [0.3, 0.4) is 0 Å². The average molecular weight is 421 g/mol. The van der Waals surface area contributed by atoms with Gasteiger partial charge in [-0.2, -0.15) is 6.92 Å². The molecule has 0 saturated carbocycles. The van der Waals surface area contributed by atoms with Gasteiger partial charge in [0.25, 0.3) is 0 Å². The number of benzene rings is 1. The Morgan fingerprint density at radius 1 is 1.25 bits per heavy atom. The molecule has 1 aliphatic carbocycles. The second-order valence-electron chi connectivity index (χ2n) is 6.07. The first-order valence-corrected chi connectivity index (χ1v) is 12.1. The second kappa shape index (κ2) is 10.6. The number of aromatic nitrogens is 1. The number of allylic oxidation sites excluding steroid dienone is 1. The van der Waals surface area contributed by atoms with Crippen molar-refractivity contribution in [3.05, 3.63) is 64.5 Å². The molecule has 5 heteroatoms. The zero-order chi connectivity index (χ0) is 18.2. The molecule has 1 heterocycles. The zero-order valence-electron chi connectivity index (χ0n) is 14.6. The Morgan fingerprint density at radius 2 is 1.88 bits per heavy atom. The van der Waals surface area contributed by atoms with Gasteiger partial charge in [0.15, 0.2) is 0 Å². The molecule has 0 bridgehead atoms. The monoisotopic (exact) mass is 420 g/mol. The Morgan fingerprint density at radius 3 is 2.46 bits per heavy atom. The molecular weight excluding hydrogens is 397 g/mol. The third-order valence-corrected chi connectivity index (χ3v) is 4.88. The molecule has 0 aliphatic heterocycles. The number of hydrogen-bond donors (Lipinski definition) is 0. The van der Waals surface area contributed by atoms with Crippen LogP contribution in [0.15, 0.2) is 35.7 Å². The second-order valence-corrected chi connectivity index (χ2v) is 9.12. The van der Waals surface area contributed by atoms with Crippen LogP contribution in [0.5, 0.6) is 0 Å². The summed E-state index contributed by atoms with van der Waals surface area (Å²) in [4.78, 5) is 4.62. The van der Waals surface area contributed by atoms with Crippen molar-refractivity contribution in [1.29, 1.82) is 0 Å². The number of fused-ring (bicyclic) bond motifs is 1. The Labute approximate surface area is 165 Å². The van der Waals surface area contributed by atoms with Gasteiger partial charge in [-0.25, -0.2) is 4.98 Å². The number of thiazole rings is 1. The van der Waals surface area contributed by atoms with E-state index < -0.39 is 0 Å². The summed E-state index contributed by atoms with van der Waals surface area (Å²) in [5.74, 6) is 0.493. The van der Waals surface area contributed by atoms with E-state index in [4.69, 9.17) is 20.1 Å². The van der Waals surface area contributed by atoms with E-state index >= 15 is 0 Å². The van der Waals surface area contributed by atoms with E-state index in [0.717, 1.165) is 12.1 Å². The van der Waals surface area contributed by atoms with Gasteiger partial charge in [0.1, 0.15) is 0 Å². The standard InChI is InChI=1S/C17H19NS.C2H5.2ClH.Cr/c1-12-11-19-16(18-12)10-17(2,3)15-9-8-13-6-4-5-7-14(13)15;1-2;;;/h4-9,11,15H,10H2,1-3H3;1H2,2H3;2*1H;/q;-1;;;+3/p-2. The number of halogens is 2. The molecule has 1 aromatic carbocycles. The molecular formula is C19H24Cl2CrNS. The molecule has 0 radical (unpaired) electrons. The third-order valence-electron chi connectivity index (χ3n) is 3.91. The fraction of sp³-hybridized carbons (Fsp3) is 0.368. The van der Waals surface area contributed by atoms with Crippen molar-refractivity contribution in [2.24, 2.45) is 5.41 Å². The van der Waals surface area contributed by atoms with Gasteiger partial charge in [-0.15, -0.1) is 11.3 Å². The van der Waals surface area contributed by atoms with Crippen LogP contribution in [0.1, 0.15) is 48.5 Å². The Bertz CT molecular complexity index is 652. The van der Waals surface area contributed by atoms with E-state index in [2.05, 4.69) is 74.5 Å². The van der Waals surface area contributed by atoms with E-state index in [1.54, 1.807) is 18.3 Å². The molecule has 2 aromatic rings. The summed E-state index contributed by atoms with van der Waals surface area (Å²) in [5, 5.41) is 3.39. The predicted molar refractivity (Wildman–Crippen MR) is 105 cm³/mol. The van der Waals surface area contributed by atoms with Crippen LogP contribution < -0.4 is 0 Å². The van der Waals surface area contributed by atoms with Crippen molar-refractivity contribution in [3.63, 3.8) is 0 Å². The Balaban J connectivity index is 0.000000521. The summed E-state index contributed by atoms with van der Waals surface area (Å²) in [6.07, 6.45) is 5.65. The summed E-state index contributed by atoms with van der Waals surface area (Å²) in [7, 11) is 9.65. The van der Waals surface area contributed by atoms with Crippen molar-refractivity contribution in [2.45, 2.75) is 40.0 Å². The van der Waals surface area contributed by atoms with Gasteiger partial charge in [-0.3, -0.25) is 0 Å². The molecule has 0 spiro atoms. The van der Waals surface area contributed by atoms with Crippen LogP contribution in [-0.2, 0) is 19.8 Å². The van der Waals surface area contributed by atoms with Gasteiger partial charge in [0.05, 0.1) is 5.01 Å². The summed E-state index contributed by atoms with van der Waals surface area (Å²) < 4.78 is 0. The molecule has 131 valence electrons. The number of nitrogens with zero attached hydrogens (tertiary/aromatic N) is 1. The van der Waals surface area contributed by atoms with E-state index in [1.165, 1.54) is 16.1 Å². The first kappa shape index (κ1) is 21.7. The Kier molecular flexibility index (Phi) is 9.64. The normalized spacial score (nSPS) is 14.9. The predicted octanol–water partition coefficient (Wildman–Crippen LogP) is 7.05. The molecule has 3 rings (SSSR count). The maximum absolute atomic E-state index is 4.83. The average Bonchev–Trinajstić information content (AvgIpc) is 3.16. The number of rotatable bonds is 3. The third kappa shape index (κ3) is 5.90. The van der Waals surface area contributed by atoms with Crippen LogP contribution in [-0.4, -0.2) is 4.98 Å². The van der Waals surface area contributed by atoms with Gasteiger partial charge >= 0.3 is 33.5 Å². The van der Waals surface area contributed by atoms with Gasteiger partial charge in [0, 0.05) is 23.4 Å². The molecule has 1 aliphatic rings. The fourth-order valence-electron chi connectivity index (χ4n) is 2.91. The SMILES string of the molecule is Cc1csc(CC(C)(C)C2C=Cc3ccccc32)n1.[CH2-]C.[Cl][Cr+][Cl]. The minimum atomic E-state index is -0.181. The molecule has 1 nitrogen and oxygen atoms in total. The summed E-state index contributed by atoms with van der Waals surface area (Å²) in [5.41, 5.74) is 4.17. The molecule has 0 fully saturated rings. The maximum atomic E-state index is 4.83. The summed E-state index contributed by atoms with van der Waals surface area (Å²) in [6, 6.07) is 8.72. The number of hydrogen-bond acceptors (Lipinski definition) is 2. The van der Waals surface area contributed by atoms with Crippen LogP contribution in [0.25, 0.3) is 6.08 Å². The number of aryl methyl sites for hydroxylation is 1. The van der Waals surface area contributed by atoms with Gasteiger partial charge in [-0.1, -0.05) is 50.3 Å². The van der Waals surface area contributed by atoms with Crippen molar-refractivity contribution in [3.8, 4) is 0 Å². The minimum absolute atomic E-state index is 0.181. The quantitative estimate of drug-likeness (QED) is 0.484. The van der Waals surface area contributed by atoms with E-state index in [9.17, 15) is 0 Å². The first-order valence-electron chi connectivity index (χ1n) is 7.76. The topological polar surface area (TPSA) is 12.9 Å². The molecule has 24 heavy (non-hydrogen) atoms. The van der Waals surface area contributed by atoms with Gasteiger partial charge in [-0.05, 0) is 23.5 Å². The zero-order valence-corrected chi connectivity index (χ0v) is 18.2. The van der Waals surface area contributed by atoms with Gasteiger partial charge in [0.2, 0.25) is 0 Å². The molecule has 1 unspecified atom stereocenters.